The van der Waals surface area contributed by atoms with Crippen LogP contribution in [0.25, 0.3) is 0 Å². The van der Waals surface area contributed by atoms with E-state index in [-0.39, 0.29) is 9.92 Å². The summed E-state index contributed by atoms with van der Waals surface area (Å²) in [6, 6.07) is 9.94. The van der Waals surface area contributed by atoms with Gasteiger partial charge in [0.1, 0.15) is 17.6 Å². The van der Waals surface area contributed by atoms with E-state index in [0.29, 0.717) is 43.3 Å². The number of anilines is 1. The third-order valence-electron chi connectivity index (χ3n) is 4.21. The highest BCUT2D eigenvalue weighted by Gasteiger charge is 2.30. The van der Waals surface area contributed by atoms with Crippen LogP contribution in [0.1, 0.15) is 5.56 Å². The minimum Gasteiger partial charge on any atom is -0.495 e. The second kappa shape index (κ2) is 7.50. The largest absolute Gasteiger partial charge is 0.495 e. The lowest BCUT2D eigenvalue weighted by Gasteiger charge is -2.35. The van der Waals surface area contributed by atoms with Crippen molar-refractivity contribution in [3.8, 4) is 11.8 Å². The number of halogens is 1. The first-order valence-electron chi connectivity index (χ1n) is 7.91. The second-order valence-corrected chi connectivity index (χ2v) is 8.02. The van der Waals surface area contributed by atoms with Crippen molar-refractivity contribution < 1.29 is 13.2 Å². The Morgan fingerprint density at radius 2 is 1.96 bits per heavy atom. The fraction of sp³-hybridized carbons (Fsp3) is 0.294. The van der Waals surface area contributed by atoms with E-state index in [1.54, 1.807) is 24.4 Å². The lowest BCUT2D eigenvalue weighted by atomic mass is 10.2. The molecule has 0 N–H and O–H groups in total. The van der Waals surface area contributed by atoms with E-state index in [1.165, 1.54) is 23.5 Å². The standard InChI is InChI=1S/C17H17ClN4O3S/c1-25-16-5-4-14(11-15(16)18)26(23,24)22-9-7-21(8-10-22)17-13(12-19)3-2-6-20-17/h2-6,11H,7-10H2,1H3. The first-order valence-corrected chi connectivity index (χ1v) is 9.73. The molecule has 1 aliphatic heterocycles. The van der Waals surface area contributed by atoms with Crippen LogP contribution in [0.4, 0.5) is 5.82 Å². The fourth-order valence-electron chi connectivity index (χ4n) is 2.83. The number of hydrogen-bond donors (Lipinski definition) is 0. The summed E-state index contributed by atoms with van der Waals surface area (Å²) >= 11 is 6.06. The van der Waals surface area contributed by atoms with Crippen LogP contribution in [0.3, 0.4) is 0 Å². The van der Waals surface area contributed by atoms with Crippen LogP contribution in [0.5, 0.6) is 5.75 Å². The van der Waals surface area contributed by atoms with Crippen molar-refractivity contribution in [2.24, 2.45) is 0 Å². The number of aromatic nitrogens is 1. The summed E-state index contributed by atoms with van der Waals surface area (Å²) in [4.78, 5) is 6.31. The van der Waals surface area contributed by atoms with Crippen LogP contribution in [-0.4, -0.2) is 51.0 Å². The molecule has 1 aromatic carbocycles. The van der Waals surface area contributed by atoms with Gasteiger partial charge in [-0.1, -0.05) is 11.6 Å². The predicted octanol–water partition coefficient (Wildman–Crippen LogP) is 2.13. The summed E-state index contributed by atoms with van der Waals surface area (Å²) < 4.78 is 32.2. The van der Waals surface area contributed by atoms with Crippen molar-refractivity contribution in [2.75, 3.05) is 38.2 Å². The average Bonchev–Trinajstić information content (AvgIpc) is 2.68. The van der Waals surface area contributed by atoms with Gasteiger partial charge in [0, 0.05) is 32.4 Å². The highest BCUT2D eigenvalue weighted by Crippen LogP contribution is 2.29. The molecule has 0 atom stereocenters. The fourth-order valence-corrected chi connectivity index (χ4v) is 4.60. The van der Waals surface area contributed by atoms with Gasteiger partial charge < -0.3 is 9.64 Å². The lowest BCUT2D eigenvalue weighted by molar-refractivity contribution is 0.383. The van der Waals surface area contributed by atoms with Crippen molar-refractivity contribution in [1.29, 1.82) is 5.26 Å². The Balaban J connectivity index is 1.77. The summed E-state index contributed by atoms with van der Waals surface area (Å²) in [6.45, 7) is 1.50. The Morgan fingerprint density at radius 3 is 2.58 bits per heavy atom. The lowest BCUT2D eigenvalue weighted by Crippen LogP contribution is -2.49. The van der Waals surface area contributed by atoms with E-state index < -0.39 is 10.0 Å². The molecule has 0 radical (unpaired) electrons. The second-order valence-electron chi connectivity index (χ2n) is 5.67. The molecule has 0 spiro atoms. The average molecular weight is 393 g/mol. The van der Waals surface area contributed by atoms with Gasteiger partial charge in [-0.15, -0.1) is 0 Å². The van der Waals surface area contributed by atoms with Crippen molar-refractivity contribution in [2.45, 2.75) is 4.90 Å². The number of rotatable bonds is 4. The number of hydrogen-bond acceptors (Lipinski definition) is 6. The van der Waals surface area contributed by atoms with Gasteiger partial charge >= 0.3 is 0 Å². The van der Waals surface area contributed by atoms with Crippen LogP contribution < -0.4 is 9.64 Å². The summed E-state index contributed by atoms with van der Waals surface area (Å²) in [7, 11) is -2.18. The number of pyridine rings is 1. The van der Waals surface area contributed by atoms with Gasteiger partial charge in [-0.2, -0.15) is 9.57 Å². The van der Waals surface area contributed by atoms with Gasteiger partial charge in [-0.3, -0.25) is 0 Å². The zero-order valence-electron chi connectivity index (χ0n) is 14.1. The molecule has 7 nitrogen and oxygen atoms in total. The molecule has 0 bridgehead atoms. The monoisotopic (exact) mass is 392 g/mol. The highest BCUT2D eigenvalue weighted by molar-refractivity contribution is 7.89. The Morgan fingerprint density at radius 1 is 1.23 bits per heavy atom. The van der Waals surface area contributed by atoms with E-state index in [4.69, 9.17) is 16.3 Å². The first-order chi connectivity index (χ1) is 12.5. The molecule has 9 heteroatoms. The van der Waals surface area contributed by atoms with E-state index >= 15 is 0 Å². The Labute approximate surface area is 157 Å². The van der Waals surface area contributed by atoms with Gasteiger partial charge in [0.15, 0.2) is 0 Å². The molecular formula is C17H17ClN4O3S. The van der Waals surface area contributed by atoms with Gasteiger partial charge in [0.05, 0.1) is 22.6 Å². The smallest absolute Gasteiger partial charge is 0.243 e. The number of benzene rings is 1. The highest BCUT2D eigenvalue weighted by atomic mass is 35.5. The SMILES string of the molecule is COc1ccc(S(=O)(=O)N2CCN(c3ncccc3C#N)CC2)cc1Cl. The number of piperazine rings is 1. The zero-order valence-corrected chi connectivity index (χ0v) is 15.7. The summed E-state index contributed by atoms with van der Waals surface area (Å²) in [5, 5.41) is 9.45. The molecule has 136 valence electrons. The van der Waals surface area contributed by atoms with Crippen LogP contribution in [0, 0.1) is 11.3 Å². The van der Waals surface area contributed by atoms with E-state index in [9.17, 15) is 13.7 Å². The third-order valence-corrected chi connectivity index (χ3v) is 6.40. The molecule has 1 fully saturated rings. The molecule has 0 amide bonds. The summed E-state index contributed by atoms with van der Waals surface area (Å²) in [5.41, 5.74) is 0.478. The number of nitriles is 1. The normalized spacial score (nSPS) is 15.5. The van der Waals surface area contributed by atoms with Gasteiger partial charge in [0.25, 0.3) is 0 Å². The molecule has 3 rings (SSSR count). The molecule has 0 aliphatic carbocycles. The van der Waals surface area contributed by atoms with Crippen molar-refractivity contribution in [1.82, 2.24) is 9.29 Å². The van der Waals surface area contributed by atoms with Crippen LogP contribution in [0.15, 0.2) is 41.4 Å². The van der Waals surface area contributed by atoms with Crippen LogP contribution >= 0.6 is 11.6 Å². The van der Waals surface area contributed by atoms with Crippen molar-refractivity contribution in [3.63, 3.8) is 0 Å². The molecule has 2 aromatic rings. The van der Waals surface area contributed by atoms with Crippen LogP contribution in [-0.2, 0) is 10.0 Å². The maximum absolute atomic E-state index is 12.8. The molecule has 1 aromatic heterocycles. The number of nitrogens with zero attached hydrogens (tertiary/aromatic N) is 4. The first kappa shape index (κ1) is 18.5. The minimum atomic E-state index is -3.65. The molecule has 1 aliphatic rings. The number of sulfonamides is 1. The molecule has 0 saturated carbocycles. The molecule has 1 saturated heterocycles. The topological polar surface area (TPSA) is 86.5 Å². The maximum atomic E-state index is 12.8. The van der Waals surface area contributed by atoms with Gasteiger partial charge in [-0.05, 0) is 30.3 Å². The van der Waals surface area contributed by atoms with E-state index in [1.807, 2.05) is 4.90 Å². The Bertz CT molecular complexity index is 951. The Kier molecular flexibility index (Phi) is 5.32. The van der Waals surface area contributed by atoms with Gasteiger partial charge in [-0.25, -0.2) is 13.4 Å². The number of methoxy groups -OCH3 is 1. The third kappa shape index (κ3) is 3.46. The quantitative estimate of drug-likeness (QED) is 0.792. The molecule has 0 unspecified atom stereocenters. The van der Waals surface area contributed by atoms with E-state index in [0.717, 1.165) is 0 Å². The molecule has 2 heterocycles. The predicted molar refractivity (Wildman–Crippen MR) is 97.9 cm³/mol. The van der Waals surface area contributed by atoms with Crippen molar-refractivity contribution in [3.05, 3.63) is 47.1 Å². The minimum absolute atomic E-state index is 0.132. The van der Waals surface area contributed by atoms with Crippen molar-refractivity contribution >= 4 is 27.4 Å². The summed E-state index contributed by atoms with van der Waals surface area (Å²) in [5.74, 6) is 1.01. The maximum Gasteiger partial charge on any atom is 0.243 e. The number of ether oxygens (including phenoxy) is 1. The van der Waals surface area contributed by atoms with Gasteiger partial charge in [0.2, 0.25) is 10.0 Å². The summed E-state index contributed by atoms with van der Waals surface area (Å²) in [6.07, 6.45) is 1.62. The molecular weight excluding hydrogens is 376 g/mol. The zero-order chi connectivity index (χ0) is 18.7. The Hall–Kier alpha value is -2.34. The van der Waals surface area contributed by atoms with Crippen LogP contribution in [0.2, 0.25) is 5.02 Å². The molecule has 26 heavy (non-hydrogen) atoms. The van der Waals surface area contributed by atoms with E-state index in [2.05, 4.69) is 11.1 Å².